The Balaban J connectivity index is 1.44. The summed E-state index contributed by atoms with van der Waals surface area (Å²) in [4.78, 5) is 10.2. The van der Waals surface area contributed by atoms with Gasteiger partial charge in [-0.15, -0.1) is 0 Å². The SMILES string of the molecule is CCc1cccc(CC)c1-c1cc(OCCN2CCOCC2)c(CN2CCc3ccccc3C2)c(C)n1. The molecule has 5 heteroatoms. The van der Waals surface area contributed by atoms with Gasteiger partial charge in [0.1, 0.15) is 12.4 Å². The molecule has 1 aromatic heterocycles. The standard InChI is InChI=1S/C32H41N3O2/c1-4-25-11-8-12-26(5-2)32(25)30-21-31(37-20-17-34-15-18-36-19-16-34)29(24(3)33-30)23-35-14-13-27-9-6-7-10-28(27)22-35/h6-12,21H,4-5,13-20,22-23H2,1-3H3. The predicted octanol–water partition coefficient (Wildman–Crippen LogP) is 5.45. The summed E-state index contributed by atoms with van der Waals surface area (Å²) in [5, 5.41) is 0. The molecular formula is C32H41N3O2. The van der Waals surface area contributed by atoms with Crippen LogP contribution in [0.25, 0.3) is 11.3 Å². The molecule has 0 aliphatic carbocycles. The first-order valence-corrected chi connectivity index (χ1v) is 14.0. The molecule has 0 radical (unpaired) electrons. The first-order chi connectivity index (χ1) is 18.2. The summed E-state index contributed by atoms with van der Waals surface area (Å²) >= 11 is 0. The smallest absolute Gasteiger partial charge is 0.127 e. The molecule has 5 rings (SSSR count). The Morgan fingerprint density at radius 2 is 1.62 bits per heavy atom. The molecule has 1 fully saturated rings. The number of aromatic nitrogens is 1. The summed E-state index contributed by atoms with van der Waals surface area (Å²) in [6.07, 6.45) is 3.08. The number of hydrogen-bond donors (Lipinski definition) is 0. The number of nitrogens with zero attached hydrogens (tertiary/aromatic N) is 3. The highest BCUT2D eigenvalue weighted by atomic mass is 16.5. The molecular weight excluding hydrogens is 458 g/mol. The fourth-order valence-corrected chi connectivity index (χ4v) is 5.71. The topological polar surface area (TPSA) is 37.8 Å². The van der Waals surface area contributed by atoms with Gasteiger partial charge in [-0.1, -0.05) is 56.3 Å². The Morgan fingerprint density at radius 3 is 2.35 bits per heavy atom. The zero-order valence-corrected chi connectivity index (χ0v) is 22.8. The van der Waals surface area contributed by atoms with Crippen LogP contribution in [0.3, 0.4) is 0 Å². The summed E-state index contributed by atoms with van der Waals surface area (Å²) < 4.78 is 12.1. The largest absolute Gasteiger partial charge is 0.492 e. The van der Waals surface area contributed by atoms with Crippen LogP contribution in [0.4, 0.5) is 0 Å². The number of rotatable bonds is 9. The van der Waals surface area contributed by atoms with Crippen molar-refractivity contribution < 1.29 is 9.47 Å². The lowest BCUT2D eigenvalue weighted by Gasteiger charge is -2.30. The molecule has 2 aliphatic heterocycles. The number of ether oxygens (including phenoxy) is 2. The number of benzene rings is 2. The number of morpholine rings is 1. The van der Waals surface area contributed by atoms with Gasteiger partial charge in [-0.3, -0.25) is 14.8 Å². The van der Waals surface area contributed by atoms with Crippen molar-refractivity contribution in [2.24, 2.45) is 0 Å². The monoisotopic (exact) mass is 499 g/mol. The second-order valence-corrected chi connectivity index (χ2v) is 10.3. The number of pyridine rings is 1. The lowest BCUT2D eigenvalue weighted by atomic mass is 9.94. The van der Waals surface area contributed by atoms with E-state index in [-0.39, 0.29) is 0 Å². The van der Waals surface area contributed by atoms with Crippen LogP contribution in [0, 0.1) is 6.92 Å². The van der Waals surface area contributed by atoms with Gasteiger partial charge in [-0.05, 0) is 48.4 Å². The summed E-state index contributed by atoms with van der Waals surface area (Å²) in [6, 6.07) is 17.7. The van der Waals surface area contributed by atoms with Gasteiger partial charge in [0.25, 0.3) is 0 Å². The fraction of sp³-hybridized carbons (Fsp3) is 0.469. The number of aryl methyl sites for hydroxylation is 3. The van der Waals surface area contributed by atoms with Crippen LogP contribution < -0.4 is 4.74 Å². The first kappa shape index (κ1) is 25.9. The third kappa shape index (κ3) is 6.06. The third-order valence-electron chi connectivity index (χ3n) is 7.91. The van der Waals surface area contributed by atoms with Gasteiger partial charge >= 0.3 is 0 Å². The van der Waals surface area contributed by atoms with E-state index in [4.69, 9.17) is 14.5 Å². The Morgan fingerprint density at radius 1 is 0.892 bits per heavy atom. The Bertz CT molecular complexity index is 1180. The van der Waals surface area contributed by atoms with Gasteiger partial charge < -0.3 is 9.47 Å². The van der Waals surface area contributed by atoms with Gasteiger partial charge in [0.15, 0.2) is 0 Å². The average molecular weight is 500 g/mol. The zero-order valence-electron chi connectivity index (χ0n) is 22.8. The van der Waals surface area contributed by atoms with Crippen LogP contribution in [0.1, 0.15) is 47.4 Å². The van der Waals surface area contributed by atoms with Gasteiger partial charge in [0.05, 0.1) is 18.9 Å². The van der Waals surface area contributed by atoms with E-state index in [9.17, 15) is 0 Å². The molecule has 0 amide bonds. The van der Waals surface area contributed by atoms with E-state index in [0.717, 1.165) is 88.9 Å². The number of fused-ring (bicyclic) bond motifs is 1. The quantitative estimate of drug-likeness (QED) is 0.391. The van der Waals surface area contributed by atoms with Crippen molar-refractivity contribution in [3.63, 3.8) is 0 Å². The maximum atomic E-state index is 6.59. The minimum atomic E-state index is 0.675. The molecule has 196 valence electrons. The van der Waals surface area contributed by atoms with Gasteiger partial charge in [0.2, 0.25) is 0 Å². The van der Waals surface area contributed by atoms with E-state index in [1.165, 1.54) is 33.4 Å². The molecule has 0 spiro atoms. The molecule has 2 aromatic carbocycles. The lowest BCUT2D eigenvalue weighted by molar-refractivity contribution is 0.0321. The molecule has 0 atom stereocenters. The molecule has 0 N–H and O–H groups in total. The molecule has 0 bridgehead atoms. The molecule has 37 heavy (non-hydrogen) atoms. The molecule has 0 saturated carbocycles. The second kappa shape index (κ2) is 12.2. The maximum absolute atomic E-state index is 6.59. The van der Waals surface area contributed by atoms with Crippen LogP contribution in [-0.2, 0) is 37.1 Å². The normalized spacial score (nSPS) is 16.5. The molecule has 2 aliphatic rings. The summed E-state index contributed by atoms with van der Waals surface area (Å²) in [6.45, 7) is 14.7. The Kier molecular flexibility index (Phi) is 8.55. The van der Waals surface area contributed by atoms with Crippen molar-refractivity contribution in [1.29, 1.82) is 0 Å². The average Bonchev–Trinajstić information content (AvgIpc) is 2.94. The van der Waals surface area contributed by atoms with Crippen molar-refractivity contribution >= 4 is 0 Å². The van der Waals surface area contributed by atoms with E-state index in [2.05, 4.69) is 79.1 Å². The van der Waals surface area contributed by atoms with Crippen LogP contribution >= 0.6 is 0 Å². The molecule has 5 nitrogen and oxygen atoms in total. The minimum Gasteiger partial charge on any atom is -0.492 e. The van der Waals surface area contributed by atoms with Crippen molar-refractivity contribution in [3.8, 4) is 17.0 Å². The van der Waals surface area contributed by atoms with Crippen LogP contribution in [0.5, 0.6) is 5.75 Å². The first-order valence-electron chi connectivity index (χ1n) is 14.0. The van der Waals surface area contributed by atoms with Gasteiger partial charge in [-0.2, -0.15) is 0 Å². The van der Waals surface area contributed by atoms with Gasteiger partial charge in [-0.25, -0.2) is 0 Å². The Labute approximate surface area is 222 Å². The van der Waals surface area contributed by atoms with Crippen LogP contribution in [-0.4, -0.2) is 60.8 Å². The third-order valence-corrected chi connectivity index (χ3v) is 7.91. The van der Waals surface area contributed by atoms with Crippen molar-refractivity contribution in [1.82, 2.24) is 14.8 Å². The van der Waals surface area contributed by atoms with Crippen molar-refractivity contribution in [2.75, 3.05) is 46.0 Å². The highest BCUT2D eigenvalue weighted by Crippen LogP contribution is 2.34. The lowest BCUT2D eigenvalue weighted by Crippen LogP contribution is -2.38. The van der Waals surface area contributed by atoms with Crippen molar-refractivity contribution in [3.05, 3.63) is 82.0 Å². The molecule has 3 heterocycles. The fourth-order valence-electron chi connectivity index (χ4n) is 5.71. The highest BCUT2D eigenvalue weighted by Gasteiger charge is 2.22. The van der Waals surface area contributed by atoms with Crippen LogP contribution in [0.2, 0.25) is 0 Å². The maximum Gasteiger partial charge on any atom is 0.127 e. The van der Waals surface area contributed by atoms with E-state index >= 15 is 0 Å². The molecule has 0 unspecified atom stereocenters. The predicted molar refractivity (Wildman–Crippen MR) is 150 cm³/mol. The van der Waals surface area contributed by atoms with Crippen LogP contribution in [0.15, 0.2) is 48.5 Å². The molecule has 1 saturated heterocycles. The second-order valence-electron chi connectivity index (χ2n) is 10.3. The van der Waals surface area contributed by atoms with Gasteiger partial charge in [0, 0.05) is 62.2 Å². The van der Waals surface area contributed by atoms with E-state index in [1.807, 2.05) is 0 Å². The van der Waals surface area contributed by atoms with E-state index < -0.39 is 0 Å². The van der Waals surface area contributed by atoms with E-state index in [0.29, 0.717) is 6.61 Å². The summed E-state index contributed by atoms with van der Waals surface area (Å²) in [5.74, 6) is 0.988. The zero-order chi connectivity index (χ0) is 25.6. The summed E-state index contributed by atoms with van der Waals surface area (Å²) in [7, 11) is 0. The number of hydrogen-bond acceptors (Lipinski definition) is 5. The highest BCUT2D eigenvalue weighted by molar-refractivity contribution is 5.70. The van der Waals surface area contributed by atoms with E-state index in [1.54, 1.807) is 0 Å². The minimum absolute atomic E-state index is 0.675. The van der Waals surface area contributed by atoms with Crippen molar-refractivity contribution in [2.45, 2.75) is 53.1 Å². The molecule has 3 aromatic rings. The Hall–Kier alpha value is -2.73. The summed E-state index contributed by atoms with van der Waals surface area (Å²) in [5.41, 5.74) is 10.2.